The molecule has 0 saturated heterocycles. The molecular formula is C4H10N2O. The fourth-order valence-corrected chi connectivity index (χ4v) is 0. The Morgan fingerprint density at radius 2 is 1.43 bits per heavy atom. The van der Waals surface area contributed by atoms with E-state index >= 15 is 0 Å². The lowest BCUT2D eigenvalue weighted by molar-refractivity contribution is 0.737. The van der Waals surface area contributed by atoms with Crippen LogP contribution in [0.5, 0.6) is 0 Å². The van der Waals surface area contributed by atoms with Gasteiger partial charge in [0.1, 0.15) is 4.97 Å². The third kappa shape index (κ3) is 122. The maximum atomic E-state index is 8.11. The van der Waals surface area contributed by atoms with Crippen molar-refractivity contribution in [2.45, 2.75) is 20.8 Å². The zero-order chi connectivity index (χ0) is 6.28. The Labute approximate surface area is 43.2 Å². The van der Waals surface area contributed by atoms with E-state index < -0.39 is 0 Å². The first-order chi connectivity index (χ1) is 3.15. The lowest BCUT2D eigenvalue weighted by atomic mass is 10.3. The molecule has 3 heteroatoms. The van der Waals surface area contributed by atoms with E-state index in [0.29, 0.717) is 0 Å². The van der Waals surface area contributed by atoms with Gasteiger partial charge in [0.15, 0.2) is 4.91 Å². The van der Waals surface area contributed by atoms with Gasteiger partial charge in [-0.15, -0.1) is 0 Å². The van der Waals surface area contributed by atoms with E-state index in [2.05, 4.69) is 20.8 Å². The first kappa shape index (κ1) is 9.58. The van der Waals surface area contributed by atoms with E-state index in [-0.39, 0.29) is 0 Å². The van der Waals surface area contributed by atoms with Crippen LogP contribution in [0.1, 0.15) is 20.8 Å². The minimum absolute atomic E-state index is 0.833. The number of hydrogen-bond donors (Lipinski definition) is 0. The molecule has 0 aromatic heterocycles. The van der Waals surface area contributed by atoms with Gasteiger partial charge >= 0.3 is 0 Å². The van der Waals surface area contributed by atoms with Gasteiger partial charge in [-0.3, -0.25) is 5.53 Å². The second-order valence-corrected chi connectivity index (χ2v) is 1.81. The first-order valence-electron chi connectivity index (χ1n) is 2.11. The summed E-state index contributed by atoms with van der Waals surface area (Å²) < 4.78 is 0. The van der Waals surface area contributed by atoms with Gasteiger partial charge in [0.25, 0.3) is 0 Å². The Morgan fingerprint density at radius 1 is 1.43 bits per heavy atom. The van der Waals surface area contributed by atoms with Gasteiger partial charge in [-0.1, -0.05) is 20.8 Å². The summed E-state index contributed by atoms with van der Waals surface area (Å²) in [6.45, 7) is 6.50. The number of nitrogens with zero attached hydrogens (tertiary/aromatic N) is 2. The predicted molar refractivity (Wildman–Crippen MR) is 29.4 cm³/mol. The highest BCUT2D eigenvalue weighted by Gasteiger charge is 1.68. The summed E-state index contributed by atoms with van der Waals surface area (Å²) in [6.07, 6.45) is 0. The molecule has 0 N–H and O–H groups in total. The fraction of sp³-hybridized carbons (Fsp3) is 1.00. The Balaban J connectivity index is 0. The molecule has 0 bridgehead atoms. The lowest BCUT2D eigenvalue weighted by Crippen LogP contribution is -1.66. The van der Waals surface area contributed by atoms with Crippen LogP contribution in [0.25, 0.3) is 5.53 Å². The maximum Gasteiger partial charge on any atom is 0.151 e. The largest absolute Gasteiger partial charge is 0.294 e. The molecule has 0 unspecified atom stereocenters. The van der Waals surface area contributed by atoms with Gasteiger partial charge in [0.05, 0.1) is 0 Å². The summed E-state index contributed by atoms with van der Waals surface area (Å²) in [5.41, 5.74) is 6.64. The molecule has 0 spiro atoms. The molecule has 0 aromatic rings. The molecule has 0 aliphatic heterocycles. The molecule has 42 valence electrons. The smallest absolute Gasteiger partial charge is 0.151 e. The Kier molecular flexibility index (Phi) is 12.3. The molecule has 0 radical (unpaired) electrons. The van der Waals surface area contributed by atoms with Crippen molar-refractivity contribution in [1.82, 2.24) is 4.97 Å². The zero-order valence-corrected chi connectivity index (χ0v) is 4.88. The van der Waals surface area contributed by atoms with E-state index in [1.807, 2.05) is 0 Å². The molecule has 0 fully saturated rings. The maximum absolute atomic E-state index is 8.11. The first-order valence-corrected chi connectivity index (χ1v) is 2.11. The third-order valence-electron chi connectivity index (χ3n) is 0. The van der Waals surface area contributed by atoms with Gasteiger partial charge in [0, 0.05) is 0 Å². The van der Waals surface area contributed by atoms with Crippen LogP contribution in [0.2, 0.25) is 0 Å². The lowest BCUT2D eigenvalue weighted by Gasteiger charge is -1.79. The number of hydrogen-bond acceptors (Lipinski definition) is 1. The fourth-order valence-electron chi connectivity index (χ4n) is 0. The van der Waals surface area contributed by atoms with Crippen LogP contribution in [0.4, 0.5) is 0 Å². The van der Waals surface area contributed by atoms with Crippen molar-refractivity contribution in [2.24, 2.45) is 5.92 Å². The van der Waals surface area contributed by atoms with E-state index in [9.17, 15) is 0 Å². The van der Waals surface area contributed by atoms with Crippen LogP contribution < -0.4 is 4.97 Å². The van der Waals surface area contributed by atoms with Crippen molar-refractivity contribution < 1.29 is 0 Å². The van der Waals surface area contributed by atoms with E-state index in [1.54, 1.807) is 0 Å². The van der Waals surface area contributed by atoms with Crippen LogP contribution >= 0.6 is 0 Å². The Morgan fingerprint density at radius 3 is 1.43 bits per heavy atom. The van der Waals surface area contributed by atoms with Gasteiger partial charge in [-0.25, -0.2) is 0 Å². The van der Waals surface area contributed by atoms with Crippen molar-refractivity contribution in [3.05, 3.63) is 10.4 Å². The quantitative estimate of drug-likeness (QED) is 0.338. The number of nitroso groups, excluding NO2 is 1. The molecule has 0 aromatic carbocycles. The van der Waals surface area contributed by atoms with Crippen molar-refractivity contribution in [3.8, 4) is 0 Å². The van der Waals surface area contributed by atoms with Gasteiger partial charge in [-0.05, 0) is 5.92 Å². The standard InChI is InChI=1S/C4H10.N2O/c1-4(2)3;1-2-3/h4H,1-3H3;. The molecule has 0 aliphatic rings. The number of rotatable bonds is 0. The molecule has 0 heterocycles. The monoisotopic (exact) mass is 102 g/mol. The molecular weight excluding hydrogens is 92.1 g/mol. The summed E-state index contributed by atoms with van der Waals surface area (Å²) in [5, 5.41) is 0. The third-order valence-corrected chi connectivity index (χ3v) is 0. The normalized spacial score (nSPS) is 6.29. The Bertz CT molecular complexity index is 52.0. The summed E-state index contributed by atoms with van der Waals surface area (Å²) in [7, 11) is 0. The summed E-state index contributed by atoms with van der Waals surface area (Å²) in [5.74, 6) is 0.833. The molecule has 3 nitrogen and oxygen atoms in total. The molecule has 7 heavy (non-hydrogen) atoms. The van der Waals surface area contributed by atoms with Crippen LogP contribution in [-0.2, 0) is 0 Å². The topological polar surface area (TPSA) is 53.5 Å². The Hall–Kier alpha value is -0.690. The van der Waals surface area contributed by atoms with Gasteiger partial charge < -0.3 is 0 Å². The van der Waals surface area contributed by atoms with Crippen molar-refractivity contribution >= 4 is 0 Å². The molecule has 0 atom stereocenters. The highest BCUT2D eigenvalue weighted by molar-refractivity contribution is 4.20. The SMILES string of the molecule is CC(C)C.[N-]=[N+]=O. The van der Waals surface area contributed by atoms with Crippen molar-refractivity contribution in [1.29, 1.82) is 0 Å². The zero-order valence-electron chi connectivity index (χ0n) is 4.88. The second kappa shape index (κ2) is 9.00. The highest BCUT2D eigenvalue weighted by Crippen LogP contribution is 1.81. The summed E-state index contributed by atoms with van der Waals surface area (Å²) in [4.78, 5) is 9.36. The van der Waals surface area contributed by atoms with E-state index in [4.69, 9.17) is 10.4 Å². The van der Waals surface area contributed by atoms with Gasteiger partial charge in [-0.2, -0.15) is 0 Å². The molecule has 0 saturated carbocycles. The van der Waals surface area contributed by atoms with Crippen molar-refractivity contribution in [2.75, 3.05) is 0 Å². The van der Waals surface area contributed by atoms with Gasteiger partial charge in [0.2, 0.25) is 0 Å². The van der Waals surface area contributed by atoms with Crippen LogP contribution in [0, 0.1) is 10.8 Å². The van der Waals surface area contributed by atoms with E-state index in [1.165, 1.54) is 4.97 Å². The predicted octanol–water partition coefficient (Wildman–Crippen LogP) is 1.50. The van der Waals surface area contributed by atoms with Crippen LogP contribution in [-0.4, -0.2) is 0 Å². The highest BCUT2D eigenvalue weighted by atomic mass is 16.2. The molecule has 0 rings (SSSR count). The van der Waals surface area contributed by atoms with Crippen LogP contribution in [0.3, 0.4) is 0 Å². The minimum atomic E-state index is 0.833. The average Bonchev–Trinajstić information content (AvgIpc) is 1.33. The summed E-state index contributed by atoms with van der Waals surface area (Å²) >= 11 is 0. The van der Waals surface area contributed by atoms with Crippen molar-refractivity contribution in [3.63, 3.8) is 0 Å². The second-order valence-electron chi connectivity index (χ2n) is 1.81. The van der Waals surface area contributed by atoms with Crippen LogP contribution in [0.15, 0.2) is 0 Å². The minimum Gasteiger partial charge on any atom is -0.294 e. The molecule has 0 aliphatic carbocycles. The summed E-state index contributed by atoms with van der Waals surface area (Å²) in [6, 6.07) is 0. The average molecular weight is 102 g/mol. The van der Waals surface area contributed by atoms with E-state index in [0.717, 1.165) is 5.92 Å². The molecule has 0 amide bonds.